The zero-order valence-electron chi connectivity index (χ0n) is 12.7. The lowest BCUT2D eigenvalue weighted by Gasteiger charge is -2.30. The van der Waals surface area contributed by atoms with Crippen LogP contribution in [0.4, 0.5) is 0 Å². The molecule has 2 N–H and O–H groups in total. The van der Waals surface area contributed by atoms with Crippen molar-refractivity contribution in [1.82, 2.24) is 4.72 Å². The molecule has 114 valence electrons. The molecule has 0 unspecified atom stereocenters. The highest BCUT2D eigenvalue weighted by molar-refractivity contribution is 7.84. The van der Waals surface area contributed by atoms with Gasteiger partial charge in [-0.2, -0.15) is 0 Å². The van der Waals surface area contributed by atoms with Crippen molar-refractivity contribution in [2.45, 2.75) is 51.5 Å². The molecule has 3 atom stereocenters. The van der Waals surface area contributed by atoms with Gasteiger partial charge < -0.3 is 5.11 Å². The third-order valence-electron chi connectivity index (χ3n) is 3.04. The van der Waals surface area contributed by atoms with Gasteiger partial charge in [0.1, 0.15) is 0 Å². The molecule has 1 aromatic carbocycles. The predicted octanol–water partition coefficient (Wildman–Crippen LogP) is 3.45. The van der Waals surface area contributed by atoms with Crippen LogP contribution in [0.3, 0.4) is 0 Å². The zero-order valence-corrected chi connectivity index (χ0v) is 14.3. The Kier molecular flexibility index (Phi) is 6.20. The van der Waals surface area contributed by atoms with Crippen LogP contribution in [0.5, 0.6) is 0 Å². The van der Waals surface area contributed by atoms with Gasteiger partial charge in [-0.15, -0.1) is 0 Å². The highest BCUT2D eigenvalue weighted by Gasteiger charge is 2.29. The molecule has 0 aliphatic carbocycles. The van der Waals surface area contributed by atoms with Crippen LogP contribution < -0.4 is 4.72 Å². The molecule has 0 heterocycles. The second kappa shape index (κ2) is 7.03. The third-order valence-corrected chi connectivity index (χ3v) is 4.88. The van der Waals surface area contributed by atoms with E-state index in [0.717, 1.165) is 5.56 Å². The standard InChI is InChI=1S/C15H24ClNO2S/c1-10(2)14(18)13(17-20(19)15(3,4)5)11-6-8-12(16)9-7-11/h6-10,13-14,17-18H,1-5H3/t13-,14+,20+/m0/s1. The Morgan fingerprint density at radius 2 is 1.70 bits per heavy atom. The minimum absolute atomic E-state index is 0.0557. The summed E-state index contributed by atoms with van der Waals surface area (Å²) in [6.07, 6.45) is -0.623. The van der Waals surface area contributed by atoms with Crippen molar-refractivity contribution in [3.05, 3.63) is 34.9 Å². The lowest BCUT2D eigenvalue weighted by Crippen LogP contribution is -2.41. The Morgan fingerprint density at radius 1 is 1.20 bits per heavy atom. The van der Waals surface area contributed by atoms with E-state index < -0.39 is 17.1 Å². The number of rotatable bonds is 5. The highest BCUT2D eigenvalue weighted by atomic mass is 35.5. The second-order valence-electron chi connectivity index (χ2n) is 6.26. The number of aliphatic hydroxyl groups excluding tert-OH is 1. The van der Waals surface area contributed by atoms with Gasteiger partial charge in [0.2, 0.25) is 0 Å². The van der Waals surface area contributed by atoms with E-state index in [1.54, 1.807) is 12.1 Å². The largest absolute Gasteiger partial charge is 0.391 e. The maximum Gasteiger partial charge on any atom is 0.0976 e. The van der Waals surface area contributed by atoms with Crippen molar-refractivity contribution in [2.75, 3.05) is 0 Å². The van der Waals surface area contributed by atoms with E-state index >= 15 is 0 Å². The van der Waals surface area contributed by atoms with Gasteiger partial charge in [0.25, 0.3) is 0 Å². The maximum atomic E-state index is 12.3. The Morgan fingerprint density at radius 3 is 2.10 bits per heavy atom. The maximum absolute atomic E-state index is 12.3. The minimum Gasteiger partial charge on any atom is -0.391 e. The molecular formula is C15H24ClNO2S. The molecular weight excluding hydrogens is 294 g/mol. The molecule has 1 aromatic rings. The summed E-state index contributed by atoms with van der Waals surface area (Å²) in [5, 5.41) is 11.0. The molecule has 0 fully saturated rings. The van der Waals surface area contributed by atoms with Gasteiger partial charge in [-0.3, -0.25) is 0 Å². The van der Waals surface area contributed by atoms with Crippen LogP contribution in [0.25, 0.3) is 0 Å². The van der Waals surface area contributed by atoms with Crippen molar-refractivity contribution < 1.29 is 9.32 Å². The minimum atomic E-state index is -1.25. The first kappa shape index (κ1) is 17.6. The molecule has 5 heteroatoms. The molecule has 0 radical (unpaired) electrons. The summed E-state index contributed by atoms with van der Waals surface area (Å²) in [6, 6.07) is 6.88. The topological polar surface area (TPSA) is 49.3 Å². The number of hydrogen-bond donors (Lipinski definition) is 2. The first-order chi connectivity index (χ1) is 9.12. The molecule has 0 aliphatic rings. The second-order valence-corrected chi connectivity index (χ2v) is 8.70. The molecule has 1 rings (SSSR count). The third kappa shape index (κ3) is 4.85. The highest BCUT2D eigenvalue weighted by Crippen LogP contribution is 2.25. The fourth-order valence-corrected chi connectivity index (χ4v) is 2.67. The van der Waals surface area contributed by atoms with E-state index in [1.165, 1.54) is 0 Å². The lowest BCUT2D eigenvalue weighted by atomic mass is 9.94. The number of aliphatic hydroxyl groups is 1. The summed E-state index contributed by atoms with van der Waals surface area (Å²) >= 11 is 5.89. The van der Waals surface area contributed by atoms with Gasteiger partial charge >= 0.3 is 0 Å². The molecule has 20 heavy (non-hydrogen) atoms. The van der Waals surface area contributed by atoms with Gasteiger partial charge in [0, 0.05) is 5.02 Å². The summed E-state index contributed by atoms with van der Waals surface area (Å²) < 4.78 is 15.0. The number of hydrogen-bond acceptors (Lipinski definition) is 2. The van der Waals surface area contributed by atoms with Crippen molar-refractivity contribution in [1.29, 1.82) is 0 Å². The Labute approximate surface area is 129 Å². The average molecular weight is 318 g/mol. The van der Waals surface area contributed by atoms with Crippen LogP contribution in [0.2, 0.25) is 5.02 Å². The van der Waals surface area contributed by atoms with Gasteiger partial charge in [0.15, 0.2) is 0 Å². The monoisotopic (exact) mass is 317 g/mol. The molecule has 0 amide bonds. The Balaban J connectivity index is 3.03. The van der Waals surface area contributed by atoms with Crippen molar-refractivity contribution >= 4 is 22.6 Å². The predicted molar refractivity (Wildman–Crippen MR) is 86.1 cm³/mol. The molecule has 0 aromatic heterocycles. The van der Waals surface area contributed by atoms with Crippen molar-refractivity contribution in [3.8, 4) is 0 Å². The Hall–Kier alpha value is -0.420. The molecule has 0 spiro atoms. The summed E-state index contributed by atoms with van der Waals surface area (Å²) in [6.45, 7) is 9.58. The lowest BCUT2D eigenvalue weighted by molar-refractivity contribution is 0.0922. The Bertz CT molecular complexity index is 454. The molecule has 3 nitrogen and oxygen atoms in total. The van der Waals surface area contributed by atoms with E-state index in [0.29, 0.717) is 5.02 Å². The van der Waals surface area contributed by atoms with E-state index in [9.17, 15) is 9.32 Å². The van der Waals surface area contributed by atoms with E-state index in [2.05, 4.69) is 4.72 Å². The summed E-state index contributed by atoms with van der Waals surface area (Å²) in [5.74, 6) is 0.0557. The van der Waals surface area contributed by atoms with Crippen molar-refractivity contribution in [2.24, 2.45) is 5.92 Å². The molecule has 0 aliphatic heterocycles. The first-order valence-corrected chi connectivity index (χ1v) is 8.27. The summed E-state index contributed by atoms with van der Waals surface area (Å²) in [4.78, 5) is 0. The van der Waals surface area contributed by atoms with E-state index in [-0.39, 0.29) is 16.7 Å². The fraction of sp³-hybridized carbons (Fsp3) is 0.600. The quantitative estimate of drug-likeness (QED) is 0.874. The van der Waals surface area contributed by atoms with Crippen LogP contribution in [-0.4, -0.2) is 20.2 Å². The van der Waals surface area contributed by atoms with Crippen LogP contribution in [0.1, 0.15) is 46.2 Å². The van der Waals surface area contributed by atoms with Crippen molar-refractivity contribution in [3.63, 3.8) is 0 Å². The van der Waals surface area contributed by atoms with Crippen LogP contribution in [-0.2, 0) is 11.0 Å². The molecule has 0 saturated carbocycles. The summed E-state index contributed by atoms with van der Waals surface area (Å²) in [5.41, 5.74) is 0.883. The number of nitrogens with one attached hydrogen (secondary N) is 1. The van der Waals surface area contributed by atoms with Gasteiger partial charge in [-0.05, 0) is 44.4 Å². The molecule has 0 bridgehead atoms. The number of benzene rings is 1. The van der Waals surface area contributed by atoms with E-state index in [4.69, 9.17) is 11.6 Å². The first-order valence-electron chi connectivity index (χ1n) is 6.74. The fourth-order valence-electron chi connectivity index (χ4n) is 1.68. The average Bonchev–Trinajstić information content (AvgIpc) is 2.34. The van der Waals surface area contributed by atoms with Crippen LogP contribution in [0, 0.1) is 5.92 Å². The van der Waals surface area contributed by atoms with Gasteiger partial charge in [-0.1, -0.05) is 37.6 Å². The number of halogens is 1. The normalized spacial score (nSPS) is 17.0. The van der Waals surface area contributed by atoms with Gasteiger partial charge in [0.05, 0.1) is 27.9 Å². The van der Waals surface area contributed by atoms with Crippen LogP contribution in [0.15, 0.2) is 24.3 Å². The van der Waals surface area contributed by atoms with Gasteiger partial charge in [-0.25, -0.2) is 8.93 Å². The molecule has 0 saturated heterocycles. The van der Waals surface area contributed by atoms with E-state index in [1.807, 2.05) is 46.8 Å². The smallest absolute Gasteiger partial charge is 0.0976 e. The van der Waals surface area contributed by atoms with Crippen LogP contribution >= 0.6 is 11.6 Å². The SMILES string of the molecule is CC(C)[C@@H](O)[C@@H](N[S@](=O)C(C)(C)C)c1ccc(Cl)cc1. The summed E-state index contributed by atoms with van der Waals surface area (Å²) in [7, 11) is -1.25. The zero-order chi connectivity index (χ0) is 15.5.